The number of hydrogen-bond acceptors (Lipinski definition) is 3. The number of hydrogen-bond donors (Lipinski definition) is 2. The molecular weight excluding hydrogens is 302 g/mol. The van der Waals surface area contributed by atoms with Gasteiger partial charge in [-0.05, 0) is 42.7 Å². The molecule has 5 heteroatoms. The van der Waals surface area contributed by atoms with Gasteiger partial charge in [-0.1, -0.05) is 37.3 Å². The Kier molecular flexibility index (Phi) is 6.71. The quantitative estimate of drug-likeness (QED) is 0.606. The molecule has 124 valence electrons. The Labute approximate surface area is 141 Å². The fourth-order valence-corrected chi connectivity index (χ4v) is 2.06. The van der Waals surface area contributed by atoms with Crippen LogP contribution < -0.4 is 10.7 Å². The summed E-state index contributed by atoms with van der Waals surface area (Å²) in [5.74, 6) is -0.338. The van der Waals surface area contributed by atoms with Crippen molar-refractivity contribution in [1.82, 2.24) is 5.43 Å². The highest BCUT2D eigenvalue weighted by molar-refractivity contribution is 5.95. The summed E-state index contributed by atoms with van der Waals surface area (Å²) in [6.07, 6.45) is 3.75. The first-order valence-electron chi connectivity index (χ1n) is 7.94. The number of rotatable bonds is 7. The van der Waals surface area contributed by atoms with Crippen LogP contribution in [0.5, 0.6) is 0 Å². The zero-order valence-electron chi connectivity index (χ0n) is 13.7. The third-order valence-corrected chi connectivity index (χ3v) is 3.41. The van der Waals surface area contributed by atoms with Crippen molar-refractivity contribution in [2.24, 2.45) is 5.10 Å². The summed E-state index contributed by atoms with van der Waals surface area (Å²) in [5.41, 5.74) is 4.90. The van der Waals surface area contributed by atoms with E-state index in [1.807, 2.05) is 18.2 Å². The molecular formula is C19H21N3O2. The monoisotopic (exact) mass is 323 g/mol. The minimum Gasteiger partial charge on any atom is -0.326 e. The second-order valence-electron chi connectivity index (χ2n) is 5.26. The first-order chi connectivity index (χ1) is 11.7. The van der Waals surface area contributed by atoms with Crippen LogP contribution in [0.15, 0.2) is 59.7 Å². The standard InChI is InChI=1S/C19H21N3O2/c1-2-18(23)21-17-12-10-16(11-13-17)19(24)22-20-14-6-9-15-7-4-3-5-8-15/h3-5,7-8,10-14H,2,6,9H2,1H3,(H,21,23)(H,22,24). The van der Waals surface area contributed by atoms with Crippen molar-refractivity contribution in [2.45, 2.75) is 26.2 Å². The Hall–Kier alpha value is -2.95. The Morgan fingerprint density at radius 1 is 1.04 bits per heavy atom. The number of amides is 2. The Morgan fingerprint density at radius 2 is 1.75 bits per heavy atom. The Bertz CT molecular complexity index is 694. The van der Waals surface area contributed by atoms with E-state index in [0.717, 1.165) is 12.8 Å². The zero-order chi connectivity index (χ0) is 17.2. The zero-order valence-corrected chi connectivity index (χ0v) is 13.7. The number of anilines is 1. The van der Waals surface area contributed by atoms with Crippen LogP contribution in [-0.4, -0.2) is 18.0 Å². The smallest absolute Gasteiger partial charge is 0.271 e. The summed E-state index contributed by atoms with van der Waals surface area (Å²) in [6, 6.07) is 16.8. The first kappa shape index (κ1) is 17.4. The highest BCUT2D eigenvalue weighted by atomic mass is 16.2. The summed E-state index contributed by atoms with van der Waals surface area (Å²) in [5, 5.41) is 6.69. The lowest BCUT2D eigenvalue weighted by Crippen LogP contribution is -2.17. The summed E-state index contributed by atoms with van der Waals surface area (Å²) >= 11 is 0. The minimum atomic E-state index is -0.278. The number of nitrogens with zero attached hydrogens (tertiary/aromatic N) is 1. The molecule has 0 fully saturated rings. The highest BCUT2D eigenvalue weighted by Crippen LogP contribution is 2.10. The summed E-state index contributed by atoms with van der Waals surface area (Å²) in [4.78, 5) is 23.3. The van der Waals surface area contributed by atoms with E-state index in [1.54, 1.807) is 37.4 Å². The molecule has 0 aromatic heterocycles. The number of carbonyl (C=O) groups is 2. The van der Waals surface area contributed by atoms with Crippen molar-refractivity contribution in [2.75, 3.05) is 5.32 Å². The molecule has 0 bridgehead atoms. The van der Waals surface area contributed by atoms with Gasteiger partial charge in [0.05, 0.1) is 0 Å². The van der Waals surface area contributed by atoms with Crippen molar-refractivity contribution < 1.29 is 9.59 Å². The predicted octanol–water partition coefficient (Wildman–Crippen LogP) is 3.38. The second-order valence-corrected chi connectivity index (χ2v) is 5.26. The highest BCUT2D eigenvalue weighted by Gasteiger charge is 2.04. The molecule has 24 heavy (non-hydrogen) atoms. The lowest BCUT2D eigenvalue weighted by molar-refractivity contribution is -0.115. The molecule has 0 heterocycles. The first-order valence-corrected chi connectivity index (χ1v) is 7.94. The van der Waals surface area contributed by atoms with E-state index in [2.05, 4.69) is 28.0 Å². The molecule has 0 aliphatic carbocycles. The van der Waals surface area contributed by atoms with Gasteiger partial charge in [-0.15, -0.1) is 0 Å². The van der Waals surface area contributed by atoms with Crippen LogP contribution in [0.25, 0.3) is 0 Å². The molecule has 2 amide bonds. The lowest BCUT2D eigenvalue weighted by atomic mass is 10.1. The van der Waals surface area contributed by atoms with Crippen LogP contribution in [-0.2, 0) is 11.2 Å². The molecule has 0 saturated carbocycles. The molecule has 0 unspecified atom stereocenters. The SMILES string of the molecule is CCC(=O)Nc1ccc(C(=O)NN=CCCc2ccccc2)cc1. The number of hydrazone groups is 1. The van der Waals surface area contributed by atoms with Crippen LogP contribution in [0.4, 0.5) is 5.69 Å². The Balaban J connectivity index is 1.77. The van der Waals surface area contributed by atoms with Gasteiger partial charge in [0.1, 0.15) is 0 Å². The average molecular weight is 323 g/mol. The van der Waals surface area contributed by atoms with Gasteiger partial charge in [0, 0.05) is 23.9 Å². The molecule has 2 N–H and O–H groups in total. The lowest BCUT2D eigenvalue weighted by Gasteiger charge is -2.04. The molecule has 2 aromatic carbocycles. The second kappa shape index (κ2) is 9.25. The van der Waals surface area contributed by atoms with Gasteiger partial charge in [-0.3, -0.25) is 9.59 Å². The largest absolute Gasteiger partial charge is 0.326 e. The molecule has 0 saturated heterocycles. The van der Waals surface area contributed by atoms with Gasteiger partial charge >= 0.3 is 0 Å². The van der Waals surface area contributed by atoms with E-state index in [4.69, 9.17) is 0 Å². The summed E-state index contributed by atoms with van der Waals surface area (Å²) in [6.45, 7) is 1.78. The molecule has 2 rings (SSSR count). The van der Waals surface area contributed by atoms with Crippen molar-refractivity contribution in [3.05, 3.63) is 65.7 Å². The molecule has 0 aliphatic heterocycles. The van der Waals surface area contributed by atoms with Crippen LogP contribution in [0, 0.1) is 0 Å². The number of aryl methyl sites for hydroxylation is 1. The molecule has 5 nitrogen and oxygen atoms in total. The molecule has 0 aliphatic rings. The average Bonchev–Trinajstić information content (AvgIpc) is 2.62. The molecule has 0 spiro atoms. The van der Waals surface area contributed by atoms with Gasteiger partial charge in [-0.25, -0.2) is 5.43 Å². The summed E-state index contributed by atoms with van der Waals surface area (Å²) in [7, 11) is 0. The fraction of sp³-hybridized carbons (Fsp3) is 0.211. The van der Waals surface area contributed by atoms with Crippen LogP contribution in [0.2, 0.25) is 0 Å². The van der Waals surface area contributed by atoms with Crippen LogP contribution in [0.3, 0.4) is 0 Å². The maximum atomic E-state index is 12.0. The molecule has 0 atom stereocenters. The summed E-state index contributed by atoms with van der Waals surface area (Å²) < 4.78 is 0. The van der Waals surface area contributed by atoms with E-state index < -0.39 is 0 Å². The van der Waals surface area contributed by atoms with Crippen LogP contribution in [0.1, 0.15) is 35.7 Å². The van der Waals surface area contributed by atoms with Crippen molar-refractivity contribution in [3.8, 4) is 0 Å². The maximum Gasteiger partial charge on any atom is 0.271 e. The maximum absolute atomic E-state index is 12.0. The van der Waals surface area contributed by atoms with E-state index in [9.17, 15) is 9.59 Å². The minimum absolute atomic E-state index is 0.0600. The topological polar surface area (TPSA) is 70.6 Å². The fourth-order valence-electron chi connectivity index (χ4n) is 2.06. The van der Waals surface area contributed by atoms with Crippen molar-refractivity contribution in [1.29, 1.82) is 0 Å². The number of nitrogens with one attached hydrogen (secondary N) is 2. The van der Waals surface area contributed by atoms with Crippen molar-refractivity contribution in [3.63, 3.8) is 0 Å². The van der Waals surface area contributed by atoms with Crippen LogP contribution >= 0.6 is 0 Å². The van der Waals surface area contributed by atoms with Gasteiger partial charge in [0.15, 0.2) is 0 Å². The Morgan fingerprint density at radius 3 is 2.42 bits per heavy atom. The van der Waals surface area contributed by atoms with Gasteiger partial charge < -0.3 is 5.32 Å². The van der Waals surface area contributed by atoms with Gasteiger partial charge in [0.2, 0.25) is 5.91 Å². The normalized spacial score (nSPS) is 10.5. The third kappa shape index (κ3) is 5.68. The van der Waals surface area contributed by atoms with Crippen molar-refractivity contribution >= 4 is 23.7 Å². The van der Waals surface area contributed by atoms with E-state index in [1.165, 1.54) is 5.56 Å². The predicted molar refractivity (Wildman–Crippen MR) is 96.1 cm³/mol. The number of carbonyl (C=O) groups excluding carboxylic acids is 2. The van der Waals surface area contributed by atoms with Gasteiger partial charge in [0.25, 0.3) is 5.91 Å². The van der Waals surface area contributed by atoms with E-state index >= 15 is 0 Å². The number of benzene rings is 2. The third-order valence-electron chi connectivity index (χ3n) is 3.41. The molecule has 2 aromatic rings. The van der Waals surface area contributed by atoms with Gasteiger partial charge in [-0.2, -0.15) is 5.10 Å². The molecule has 0 radical (unpaired) electrons. The van der Waals surface area contributed by atoms with E-state index in [-0.39, 0.29) is 11.8 Å². The van der Waals surface area contributed by atoms with E-state index in [0.29, 0.717) is 17.7 Å².